The van der Waals surface area contributed by atoms with E-state index < -0.39 is 12.1 Å². The number of nitrogens with zero attached hydrogens (tertiary/aromatic N) is 2. The van der Waals surface area contributed by atoms with Crippen LogP contribution in [0.4, 0.5) is 4.39 Å². The second kappa shape index (κ2) is 10.0. The van der Waals surface area contributed by atoms with Crippen LogP contribution in [0.5, 0.6) is 0 Å². The molecule has 0 bridgehead atoms. The van der Waals surface area contributed by atoms with Crippen LogP contribution in [-0.4, -0.2) is 24.0 Å². The Bertz CT molecular complexity index is 1190. The third-order valence-corrected chi connectivity index (χ3v) is 6.46. The Morgan fingerprint density at radius 3 is 2.48 bits per heavy atom. The van der Waals surface area contributed by atoms with Crippen LogP contribution in [0.2, 0.25) is 5.02 Å². The minimum absolute atomic E-state index is 0.00319. The zero-order valence-electron chi connectivity index (χ0n) is 17.8. The fourth-order valence-corrected chi connectivity index (χ4v) is 4.95. The molecule has 0 aromatic heterocycles. The van der Waals surface area contributed by atoms with E-state index >= 15 is 0 Å². The summed E-state index contributed by atoms with van der Waals surface area (Å²) in [6.07, 6.45) is -0.554. The van der Waals surface area contributed by atoms with Gasteiger partial charge in [0.1, 0.15) is 11.9 Å². The van der Waals surface area contributed by atoms with E-state index in [1.165, 1.54) is 19.1 Å². The molecule has 0 radical (unpaired) electrons. The summed E-state index contributed by atoms with van der Waals surface area (Å²) in [6.45, 7) is 2.63. The lowest BCUT2D eigenvalue weighted by Crippen LogP contribution is -2.51. The van der Waals surface area contributed by atoms with Gasteiger partial charge in [-0.05, 0) is 59.2 Å². The van der Waals surface area contributed by atoms with Crippen LogP contribution in [0.1, 0.15) is 41.3 Å². The molecule has 168 valence electrons. The third-order valence-electron chi connectivity index (χ3n) is 5.75. The Morgan fingerprint density at radius 1 is 1.12 bits per heavy atom. The number of hydrogen-bond acceptors (Lipinski definition) is 4. The Morgan fingerprint density at radius 2 is 1.85 bits per heavy atom. The molecule has 0 spiro atoms. The Balaban J connectivity index is 1.63. The molecule has 4 nitrogen and oxygen atoms in total. The minimum atomic E-state index is -0.554. The number of benzene rings is 3. The number of likely N-dealkylation sites (tertiary alicyclic amines) is 1. The lowest BCUT2D eigenvalue weighted by molar-refractivity contribution is -0.154. The maximum Gasteiger partial charge on any atom is 0.303 e. The van der Waals surface area contributed by atoms with E-state index in [2.05, 4.69) is 26.9 Å². The molecule has 7 heteroatoms. The topological polar surface area (TPSA) is 53.3 Å². The lowest BCUT2D eigenvalue weighted by Gasteiger charge is -2.47. The number of carbonyl (C=O) groups excluding carboxylic acids is 1. The van der Waals surface area contributed by atoms with E-state index in [1.807, 2.05) is 42.5 Å². The molecular weight excluding hydrogens is 507 g/mol. The van der Waals surface area contributed by atoms with Crippen LogP contribution in [0, 0.1) is 23.1 Å². The van der Waals surface area contributed by atoms with Gasteiger partial charge in [-0.25, -0.2) is 4.39 Å². The maximum absolute atomic E-state index is 14.0. The standard InChI is InChI=1S/C26H21BrClFN2O2/c1-16(32)33-26(20-10-22(27)12-24(29)11-20)21-14-31(15-21)25(18-5-7-23(28)8-6-18)19-4-2-3-17(9-19)13-30/h2-12,21,25-26H,14-15H2,1H3/t25-,26-/m0/s1. The molecule has 1 aliphatic heterocycles. The molecule has 1 aliphatic rings. The SMILES string of the molecule is CC(=O)O[C@@H](c1cc(F)cc(Br)c1)C1CN([C@@H](c2ccc(Cl)cc2)c2cccc(C#N)c2)C1. The van der Waals surface area contributed by atoms with Crippen molar-refractivity contribution in [1.29, 1.82) is 5.26 Å². The average Bonchev–Trinajstić information content (AvgIpc) is 2.75. The predicted octanol–water partition coefficient (Wildman–Crippen LogP) is 6.44. The molecule has 0 saturated carbocycles. The number of esters is 1. The van der Waals surface area contributed by atoms with Crippen molar-refractivity contribution in [2.45, 2.75) is 19.1 Å². The summed E-state index contributed by atoms with van der Waals surface area (Å²) in [5, 5.41) is 10.0. The van der Waals surface area contributed by atoms with E-state index in [9.17, 15) is 14.4 Å². The Hall–Kier alpha value is -2.72. The normalized spacial score (nSPS) is 15.8. The summed E-state index contributed by atoms with van der Waals surface area (Å²) >= 11 is 9.43. The van der Waals surface area contributed by atoms with E-state index in [0.29, 0.717) is 33.7 Å². The monoisotopic (exact) mass is 526 g/mol. The molecule has 0 amide bonds. The fourth-order valence-electron chi connectivity index (χ4n) is 4.34. The molecule has 4 rings (SSSR count). The smallest absolute Gasteiger partial charge is 0.303 e. The Labute approximate surface area is 205 Å². The number of halogens is 3. The van der Waals surface area contributed by atoms with Crippen molar-refractivity contribution in [3.63, 3.8) is 0 Å². The minimum Gasteiger partial charge on any atom is -0.457 e. The highest BCUT2D eigenvalue weighted by atomic mass is 79.9. The van der Waals surface area contributed by atoms with Gasteiger partial charge in [-0.1, -0.05) is 51.8 Å². The van der Waals surface area contributed by atoms with Gasteiger partial charge < -0.3 is 4.74 Å². The second-order valence-electron chi connectivity index (χ2n) is 8.14. The molecule has 3 aromatic carbocycles. The van der Waals surface area contributed by atoms with Crippen molar-refractivity contribution in [3.05, 3.63) is 104 Å². The molecule has 33 heavy (non-hydrogen) atoms. The zero-order chi connectivity index (χ0) is 23.5. The first kappa shape index (κ1) is 23.4. The van der Waals surface area contributed by atoms with E-state index in [0.717, 1.165) is 11.1 Å². The zero-order valence-corrected chi connectivity index (χ0v) is 20.2. The summed E-state index contributed by atoms with van der Waals surface area (Å²) in [4.78, 5) is 14.1. The third kappa shape index (κ3) is 5.44. The summed E-state index contributed by atoms with van der Waals surface area (Å²) < 4.78 is 20.3. The van der Waals surface area contributed by atoms with Crippen LogP contribution in [0.3, 0.4) is 0 Å². The van der Waals surface area contributed by atoms with Gasteiger partial charge in [0.05, 0.1) is 17.7 Å². The van der Waals surface area contributed by atoms with Crippen LogP contribution in [0.15, 0.2) is 71.2 Å². The van der Waals surface area contributed by atoms with Crippen LogP contribution < -0.4 is 0 Å². The average molecular weight is 528 g/mol. The predicted molar refractivity (Wildman–Crippen MR) is 128 cm³/mol. The first-order valence-corrected chi connectivity index (χ1v) is 11.6. The van der Waals surface area contributed by atoms with Gasteiger partial charge in [-0.2, -0.15) is 5.26 Å². The quantitative estimate of drug-likeness (QED) is 0.346. The van der Waals surface area contributed by atoms with Crippen molar-refractivity contribution in [1.82, 2.24) is 4.90 Å². The van der Waals surface area contributed by atoms with Crippen LogP contribution >= 0.6 is 27.5 Å². The molecule has 0 unspecified atom stereocenters. The highest BCUT2D eigenvalue weighted by Crippen LogP contribution is 2.41. The van der Waals surface area contributed by atoms with Gasteiger partial charge in [0, 0.05) is 35.4 Å². The van der Waals surface area contributed by atoms with Gasteiger partial charge in [0.2, 0.25) is 0 Å². The lowest BCUT2D eigenvalue weighted by atomic mass is 9.84. The second-order valence-corrected chi connectivity index (χ2v) is 9.49. The summed E-state index contributed by atoms with van der Waals surface area (Å²) in [5.41, 5.74) is 3.25. The molecular formula is C26H21BrClFN2O2. The Kier molecular flexibility index (Phi) is 7.14. The summed E-state index contributed by atoms with van der Waals surface area (Å²) in [6, 6.07) is 21.9. The van der Waals surface area contributed by atoms with Crippen molar-refractivity contribution < 1.29 is 13.9 Å². The first-order valence-electron chi connectivity index (χ1n) is 10.5. The number of rotatable bonds is 6. The van der Waals surface area contributed by atoms with Gasteiger partial charge in [-0.15, -0.1) is 0 Å². The molecule has 0 N–H and O–H groups in total. The largest absolute Gasteiger partial charge is 0.457 e. The molecule has 1 fully saturated rings. The van der Waals surface area contributed by atoms with Gasteiger partial charge in [-0.3, -0.25) is 9.69 Å². The van der Waals surface area contributed by atoms with Crippen molar-refractivity contribution in [3.8, 4) is 6.07 Å². The van der Waals surface area contributed by atoms with Gasteiger partial charge in [0.15, 0.2) is 0 Å². The van der Waals surface area contributed by atoms with E-state index in [-0.39, 0.29) is 17.8 Å². The van der Waals surface area contributed by atoms with Crippen molar-refractivity contribution in [2.24, 2.45) is 5.92 Å². The molecule has 1 saturated heterocycles. The molecule has 1 heterocycles. The maximum atomic E-state index is 14.0. The number of carbonyl (C=O) groups is 1. The molecule has 3 aromatic rings. The number of ether oxygens (including phenoxy) is 1. The van der Waals surface area contributed by atoms with E-state index in [1.54, 1.807) is 12.1 Å². The molecule has 0 aliphatic carbocycles. The summed E-state index contributed by atoms with van der Waals surface area (Å²) in [7, 11) is 0. The first-order chi connectivity index (χ1) is 15.8. The van der Waals surface area contributed by atoms with Gasteiger partial charge in [0.25, 0.3) is 0 Å². The fraction of sp³-hybridized carbons (Fsp3) is 0.231. The van der Waals surface area contributed by atoms with Gasteiger partial charge >= 0.3 is 5.97 Å². The molecule has 2 atom stereocenters. The highest BCUT2D eigenvalue weighted by molar-refractivity contribution is 9.10. The van der Waals surface area contributed by atoms with E-state index in [4.69, 9.17) is 16.3 Å². The van der Waals surface area contributed by atoms with Crippen molar-refractivity contribution >= 4 is 33.5 Å². The van der Waals surface area contributed by atoms with Crippen molar-refractivity contribution in [2.75, 3.05) is 13.1 Å². The summed E-state index contributed by atoms with van der Waals surface area (Å²) in [5.74, 6) is -0.800. The van der Waals surface area contributed by atoms with Crippen LogP contribution in [0.25, 0.3) is 0 Å². The number of nitriles is 1. The van der Waals surface area contributed by atoms with Crippen LogP contribution in [-0.2, 0) is 9.53 Å². The highest BCUT2D eigenvalue weighted by Gasteiger charge is 2.40. The number of hydrogen-bond donors (Lipinski definition) is 0.